The van der Waals surface area contributed by atoms with Gasteiger partial charge in [0.25, 0.3) is 5.91 Å². The lowest BCUT2D eigenvalue weighted by Crippen LogP contribution is -2.63. The summed E-state index contributed by atoms with van der Waals surface area (Å²) in [6, 6.07) is -1.60. The van der Waals surface area contributed by atoms with Crippen molar-refractivity contribution < 1.29 is 34.1 Å². The number of esters is 1. The van der Waals surface area contributed by atoms with Gasteiger partial charge in [0.1, 0.15) is 0 Å². The maximum absolute atomic E-state index is 12.4. The number of rotatable bonds is 10. The van der Waals surface area contributed by atoms with Gasteiger partial charge in [0.2, 0.25) is 5.91 Å². The third-order valence-electron chi connectivity index (χ3n) is 4.11. The quantitative estimate of drug-likeness (QED) is 0.225. The molecule has 3 unspecified atom stereocenters. The Morgan fingerprint density at radius 1 is 1.15 bits per heavy atom. The van der Waals surface area contributed by atoms with Gasteiger partial charge in [-0.25, -0.2) is 4.79 Å². The summed E-state index contributed by atoms with van der Waals surface area (Å²) in [6.07, 6.45) is -1.44. The molecular formula is C17H30N2O7. The number of carbonyl (C=O) groups is 3. The lowest BCUT2D eigenvalue weighted by Gasteiger charge is -2.34. The van der Waals surface area contributed by atoms with E-state index in [0.717, 1.165) is 0 Å². The standard InChI is InChI=1S/C17H30N2O7/c1-6-25-16(22)12-11(26-12)14(20)19-13(17(23,24)10(4)5)15(21)18-8-7-9(2)3/h9-13,23-24H,6-8H2,1-5H3,(H,18,21)(H,19,20). The van der Waals surface area contributed by atoms with E-state index in [2.05, 4.69) is 10.6 Å². The van der Waals surface area contributed by atoms with Gasteiger partial charge in [-0.1, -0.05) is 27.7 Å². The van der Waals surface area contributed by atoms with E-state index in [1.165, 1.54) is 13.8 Å². The molecule has 1 fully saturated rings. The van der Waals surface area contributed by atoms with Crippen molar-refractivity contribution in [2.75, 3.05) is 13.2 Å². The first-order valence-corrected chi connectivity index (χ1v) is 8.87. The summed E-state index contributed by atoms with van der Waals surface area (Å²) < 4.78 is 9.74. The zero-order valence-electron chi connectivity index (χ0n) is 15.9. The molecule has 26 heavy (non-hydrogen) atoms. The van der Waals surface area contributed by atoms with E-state index in [1.807, 2.05) is 13.8 Å². The summed E-state index contributed by atoms with van der Waals surface area (Å²) in [7, 11) is 0. The third-order valence-corrected chi connectivity index (χ3v) is 4.11. The summed E-state index contributed by atoms with van der Waals surface area (Å²) in [6.45, 7) is 9.11. The molecule has 9 heteroatoms. The second kappa shape index (κ2) is 9.29. The Morgan fingerprint density at radius 3 is 2.27 bits per heavy atom. The monoisotopic (exact) mass is 374 g/mol. The van der Waals surface area contributed by atoms with Crippen molar-refractivity contribution in [3.8, 4) is 0 Å². The molecule has 0 spiro atoms. The van der Waals surface area contributed by atoms with Crippen molar-refractivity contribution in [2.24, 2.45) is 11.8 Å². The highest BCUT2D eigenvalue weighted by molar-refractivity contribution is 5.95. The van der Waals surface area contributed by atoms with E-state index in [0.29, 0.717) is 18.9 Å². The summed E-state index contributed by atoms with van der Waals surface area (Å²) in [5, 5.41) is 25.4. The molecule has 0 aromatic rings. The number of hydrogen-bond donors (Lipinski definition) is 4. The summed E-state index contributed by atoms with van der Waals surface area (Å²) in [4.78, 5) is 36.2. The molecule has 0 aromatic heterocycles. The van der Waals surface area contributed by atoms with Crippen molar-refractivity contribution in [1.82, 2.24) is 10.6 Å². The van der Waals surface area contributed by atoms with Crippen LogP contribution in [0.5, 0.6) is 0 Å². The number of aliphatic hydroxyl groups is 2. The van der Waals surface area contributed by atoms with Crippen molar-refractivity contribution >= 4 is 17.8 Å². The highest BCUT2D eigenvalue weighted by Gasteiger charge is 2.54. The van der Waals surface area contributed by atoms with Crippen LogP contribution in [0, 0.1) is 11.8 Å². The number of ether oxygens (including phenoxy) is 2. The van der Waals surface area contributed by atoms with Crippen molar-refractivity contribution in [1.29, 1.82) is 0 Å². The van der Waals surface area contributed by atoms with Gasteiger partial charge in [-0.3, -0.25) is 9.59 Å². The minimum Gasteiger partial charge on any atom is -0.464 e. The normalized spacial score (nSPS) is 20.7. The first kappa shape index (κ1) is 22.3. The van der Waals surface area contributed by atoms with Gasteiger partial charge in [0.15, 0.2) is 24.0 Å². The number of carbonyl (C=O) groups excluding carboxylic acids is 3. The molecule has 0 aromatic carbocycles. The molecule has 2 amide bonds. The fourth-order valence-electron chi connectivity index (χ4n) is 2.22. The first-order valence-electron chi connectivity index (χ1n) is 8.87. The largest absolute Gasteiger partial charge is 0.464 e. The molecule has 3 atom stereocenters. The van der Waals surface area contributed by atoms with Gasteiger partial charge in [0, 0.05) is 12.5 Å². The zero-order valence-corrected chi connectivity index (χ0v) is 15.9. The average molecular weight is 374 g/mol. The lowest BCUT2D eigenvalue weighted by molar-refractivity contribution is -0.213. The van der Waals surface area contributed by atoms with Crippen LogP contribution in [0.3, 0.4) is 0 Å². The van der Waals surface area contributed by atoms with E-state index < -0.39 is 47.7 Å². The molecule has 4 N–H and O–H groups in total. The lowest BCUT2D eigenvalue weighted by atomic mass is 9.94. The van der Waals surface area contributed by atoms with Crippen LogP contribution < -0.4 is 10.6 Å². The number of nitrogens with one attached hydrogen (secondary N) is 2. The van der Waals surface area contributed by atoms with Gasteiger partial charge in [-0.05, 0) is 19.3 Å². The Balaban J connectivity index is 2.75. The maximum atomic E-state index is 12.4. The van der Waals surface area contributed by atoms with Gasteiger partial charge in [0.05, 0.1) is 6.61 Å². The summed E-state index contributed by atoms with van der Waals surface area (Å²) >= 11 is 0. The SMILES string of the molecule is CCOC(=O)C1OC1C(=O)NC(C(=O)NCCC(C)C)C(O)(O)C(C)C. The highest BCUT2D eigenvalue weighted by atomic mass is 16.6. The van der Waals surface area contributed by atoms with Gasteiger partial charge in [-0.2, -0.15) is 0 Å². The van der Waals surface area contributed by atoms with Crippen LogP contribution in [-0.2, 0) is 23.9 Å². The van der Waals surface area contributed by atoms with Crippen LogP contribution in [0.15, 0.2) is 0 Å². The summed E-state index contributed by atoms with van der Waals surface area (Å²) in [5.41, 5.74) is 0. The molecular weight excluding hydrogens is 344 g/mol. The number of epoxide rings is 1. The van der Waals surface area contributed by atoms with Crippen LogP contribution in [0.25, 0.3) is 0 Å². The second-order valence-corrected chi connectivity index (χ2v) is 7.08. The minimum absolute atomic E-state index is 0.150. The average Bonchev–Trinajstić information content (AvgIpc) is 3.32. The smallest absolute Gasteiger partial charge is 0.338 e. The van der Waals surface area contributed by atoms with Crippen molar-refractivity contribution in [3.63, 3.8) is 0 Å². The molecule has 1 heterocycles. The Bertz CT molecular complexity index is 519. The number of amides is 2. The molecule has 1 saturated heterocycles. The van der Waals surface area contributed by atoms with Gasteiger partial charge in [-0.15, -0.1) is 0 Å². The molecule has 0 aliphatic carbocycles. The van der Waals surface area contributed by atoms with Gasteiger partial charge < -0.3 is 30.3 Å². The first-order chi connectivity index (χ1) is 12.0. The Kier molecular flexibility index (Phi) is 7.98. The third kappa shape index (κ3) is 5.93. The topological polar surface area (TPSA) is 137 Å². The molecule has 1 aliphatic rings. The van der Waals surface area contributed by atoms with Crippen molar-refractivity contribution in [3.05, 3.63) is 0 Å². The van der Waals surface area contributed by atoms with Crippen molar-refractivity contribution in [2.45, 2.75) is 65.1 Å². The molecule has 1 rings (SSSR count). The zero-order chi connectivity index (χ0) is 20.1. The van der Waals surface area contributed by atoms with Crippen LogP contribution >= 0.6 is 0 Å². The van der Waals surface area contributed by atoms with Crippen LogP contribution in [-0.4, -0.2) is 65.2 Å². The molecule has 150 valence electrons. The second-order valence-electron chi connectivity index (χ2n) is 7.08. The molecule has 9 nitrogen and oxygen atoms in total. The van der Waals surface area contributed by atoms with Gasteiger partial charge >= 0.3 is 5.97 Å². The molecule has 0 saturated carbocycles. The summed E-state index contributed by atoms with van der Waals surface area (Å²) in [5.74, 6) is -5.01. The fourth-order valence-corrected chi connectivity index (χ4v) is 2.22. The Morgan fingerprint density at radius 2 is 1.77 bits per heavy atom. The van der Waals surface area contributed by atoms with E-state index >= 15 is 0 Å². The minimum atomic E-state index is -2.47. The highest BCUT2D eigenvalue weighted by Crippen LogP contribution is 2.25. The van der Waals surface area contributed by atoms with Crippen LogP contribution in [0.4, 0.5) is 0 Å². The predicted molar refractivity (Wildman–Crippen MR) is 91.7 cm³/mol. The fraction of sp³-hybridized carbons (Fsp3) is 0.824. The van der Waals surface area contributed by atoms with E-state index in [1.54, 1.807) is 6.92 Å². The predicted octanol–water partition coefficient (Wildman–Crippen LogP) is -0.699. The van der Waals surface area contributed by atoms with E-state index in [4.69, 9.17) is 9.47 Å². The molecule has 0 radical (unpaired) electrons. The Hall–Kier alpha value is -1.71. The Labute approximate surface area is 153 Å². The van der Waals surface area contributed by atoms with E-state index in [-0.39, 0.29) is 6.61 Å². The van der Waals surface area contributed by atoms with Crippen LogP contribution in [0.2, 0.25) is 0 Å². The van der Waals surface area contributed by atoms with Crippen LogP contribution in [0.1, 0.15) is 41.0 Å². The van der Waals surface area contributed by atoms with E-state index in [9.17, 15) is 24.6 Å². The molecule has 0 bridgehead atoms. The number of hydrogen-bond acceptors (Lipinski definition) is 7. The maximum Gasteiger partial charge on any atom is 0.338 e. The molecule has 1 aliphatic heterocycles.